The van der Waals surface area contributed by atoms with Crippen LogP contribution in [0, 0.1) is 6.92 Å². The van der Waals surface area contributed by atoms with Gasteiger partial charge in [-0.1, -0.05) is 30.3 Å². The standard InChI is InChI=1S/C16H22N4O/c1-13-11-15(19(2)18-13)16(21)20(10-6-9-17)12-14-7-4-3-5-8-14/h3-5,7-8,11H,6,9-10,12,17H2,1-2H3. The fourth-order valence-electron chi connectivity index (χ4n) is 2.31. The van der Waals surface area contributed by atoms with Gasteiger partial charge in [-0.05, 0) is 31.5 Å². The summed E-state index contributed by atoms with van der Waals surface area (Å²) in [6.07, 6.45) is 0.787. The predicted molar refractivity (Wildman–Crippen MR) is 82.8 cm³/mol. The quantitative estimate of drug-likeness (QED) is 0.879. The van der Waals surface area contributed by atoms with Crippen LogP contribution in [0.3, 0.4) is 0 Å². The van der Waals surface area contributed by atoms with Crippen LogP contribution in [-0.2, 0) is 13.6 Å². The second-order valence-corrected chi connectivity index (χ2v) is 5.15. The Morgan fingerprint density at radius 1 is 1.33 bits per heavy atom. The maximum Gasteiger partial charge on any atom is 0.272 e. The first-order valence-electron chi connectivity index (χ1n) is 7.15. The molecule has 0 aliphatic rings. The molecular weight excluding hydrogens is 264 g/mol. The van der Waals surface area contributed by atoms with Crippen LogP contribution >= 0.6 is 0 Å². The molecule has 2 rings (SSSR count). The number of aromatic nitrogens is 2. The highest BCUT2D eigenvalue weighted by Crippen LogP contribution is 2.11. The molecule has 0 bridgehead atoms. The SMILES string of the molecule is Cc1cc(C(=O)N(CCCN)Cc2ccccc2)n(C)n1. The number of hydrogen-bond acceptors (Lipinski definition) is 3. The first-order chi connectivity index (χ1) is 10.1. The monoisotopic (exact) mass is 286 g/mol. The van der Waals surface area contributed by atoms with E-state index >= 15 is 0 Å². The van der Waals surface area contributed by atoms with E-state index in [-0.39, 0.29) is 5.91 Å². The summed E-state index contributed by atoms with van der Waals surface area (Å²) < 4.78 is 1.64. The highest BCUT2D eigenvalue weighted by molar-refractivity contribution is 5.92. The van der Waals surface area contributed by atoms with E-state index in [0.29, 0.717) is 25.3 Å². The average molecular weight is 286 g/mol. The van der Waals surface area contributed by atoms with Crippen molar-refractivity contribution in [3.8, 4) is 0 Å². The summed E-state index contributed by atoms with van der Waals surface area (Å²) in [6, 6.07) is 11.8. The van der Waals surface area contributed by atoms with Gasteiger partial charge in [0.25, 0.3) is 5.91 Å². The Kier molecular flexibility index (Phi) is 5.11. The summed E-state index contributed by atoms with van der Waals surface area (Å²) in [7, 11) is 1.80. The second-order valence-electron chi connectivity index (χ2n) is 5.15. The minimum atomic E-state index is -0.00426. The van der Waals surface area contributed by atoms with Gasteiger partial charge in [0.2, 0.25) is 0 Å². The summed E-state index contributed by atoms with van der Waals surface area (Å²) in [6.45, 7) is 3.69. The van der Waals surface area contributed by atoms with Gasteiger partial charge < -0.3 is 10.6 Å². The van der Waals surface area contributed by atoms with Crippen LogP contribution in [0.5, 0.6) is 0 Å². The van der Waals surface area contributed by atoms with E-state index in [4.69, 9.17) is 5.73 Å². The molecule has 112 valence electrons. The number of aryl methyl sites for hydroxylation is 2. The largest absolute Gasteiger partial charge is 0.333 e. The smallest absolute Gasteiger partial charge is 0.272 e. The minimum Gasteiger partial charge on any atom is -0.333 e. The van der Waals surface area contributed by atoms with E-state index < -0.39 is 0 Å². The van der Waals surface area contributed by atoms with Crippen molar-refractivity contribution in [2.24, 2.45) is 12.8 Å². The van der Waals surface area contributed by atoms with Crippen molar-refractivity contribution in [1.29, 1.82) is 0 Å². The van der Waals surface area contributed by atoms with Crippen molar-refractivity contribution >= 4 is 5.91 Å². The van der Waals surface area contributed by atoms with Gasteiger partial charge in [0.05, 0.1) is 5.69 Å². The molecule has 0 aliphatic carbocycles. The molecule has 1 heterocycles. The maximum atomic E-state index is 12.7. The number of amides is 1. The zero-order chi connectivity index (χ0) is 15.2. The Hall–Kier alpha value is -2.14. The van der Waals surface area contributed by atoms with Gasteiger partial charge in [0.1, 0.15) is 5.69 Å². The van der Waals surface area contributed by atoms with Crippen molar-refractivity contribution in [3.05, 3.63) is 53.3 Å². The third-order valence-electron chi connectivity index (χ3n) is 3.36. The van der Waals surface area contributed by atoms with Crippen LogP contribution in [-0.4, -0.2) is 33.7 Å². The average Bonchev–Trinajstić information content (AvgIpc) is 2.82. The van der Waals surface area contributed by atoms with Crippen molar-refractivity contribution in [2.45, 2.75) is 19.9 Å². The van der Waals surface area contributed by atoms with Crippen molar-refractivity contribution < 1.29 is 4.79 Å². The van der Waals surface area contributed by atoms with Crippen LogP contribution < -0.4 is 5.73 Å². The number of carbonyl (C=O) groups is 1. The first-order valence-corrected chi connectivity index (χ1v) is 7.15. The number of hydrogen-bond donors (Lipinski definition) is 1. The van der Waals surface area contributed by atoms with Crippen LogP contribution in [0.1, 0.15) is 28.2 Å². The van der Waals surface area contributed by atoms with Gasteiger partial charge in [-0.2, -0.15) is 5.10 Å². The summed E-state index contributed by atoms with van der Waals surface area (Å²) >= 11 is 0. The fourth-order valence-corrected chi connectivity index (χ4v) is 2.31. The van der Waals surface area contributed by atoms with E-state index in [2.05, 4.69) is 5.10 Å². The number of rotatable bonds is 6. The molecule has 0 aliphatic heterocycles. The molecule has 0 atom stereocenters. The number of nitrogens with zero attached hydrogens (tertiary/aromatic N) is 3. The Bertz CT molecular complexity index is 592. The van der Waals surface area contributed by atoms with Crippen LogP contribution in [0.25, 0.3) is 0 Å². The summed E-state index contributed by atoms with van der Waals surface area (Å²) in [4.78, 5) is 14.5. The number of carbonyl (C=O) groups excluding carboxylic acids is 1. The molecule has 2 aromatic rings. The molecular formula is C16H22N4O. The molecule has 0 unspecified atom stereocenters. The van der Waals surface area contributed by atoms with E-state index in [9.17, 15) is 4.79 Å². The van der Waals surface area contributed by atoms with Gasteiger partial charge in [-0.15, -0.1) is 0 Å². The molecule has 1 aromatic heterocycles. The molecule has 0 radical (unpaired) electrons. The normalized spacial score (nSPS) is 10.6. The molecule has 1 amide bonds. The fraction of sp³-hybridized carbons (Fsp3) is 0.375. The Morgan fingerprint density at radius 2 is 2.05 bits per heavy atom. The lowest BCUT2D eigenvalue weighted by Crippen LogP contribution is -2.33. The van der Waals surface area contributed by atoms with Crippen LogP contribution in [0.15, 0.2) is 36.4 Å². The molecule has 5 nitrogen and oxygen atoms in total. The molecule has 0 saturated heterocycles. The van der Waals surface area contributed by atoms with Gasteiger partial charge in [-0.3, -0.25) is 9.48 Å². The maximum absolute atomic E-state index is 12.7. The summed E-state index contributed by atoms with van der Waals surface area (Å²) in [5, 5.41) is 4.25. The lowest BCUT2D eigenvalue weighted by atomic mass is 10.2. The highest BCUT2D eigenvalue weighted by atomic mass is 16.2. The lowest BCUT2D eigenvalue weighted by Gasteiger charge is -2.22. The molecule has 21 heavy (non-hydrogen) atoms. The van der Waals surface area contributed by atoms with Gasteiger partial charge >= 0.3 is 0 Å². The molecule has 1 aromatic carbocycles. The van der Waals surface area contributed by atoms with Gasteiger partial charge in [-0.25, -0.2) is 0 Å². The summed E-state index contributed by atoms with van der Waals surface area (Å²) in [5.74, 6) is -0.00426. The number of nitrogens with two attached hydrogens (primary N) is 1. The highest BCUT2D eigenvalue weighted by Gasteiger charge is 2.19. The number of benzene rings is 1. The van der Waals surface area contributed by atoms with Gasteiger partial charge in [0, 0.05) is 20.1 Å². The van der Waals surface area contributed by atoms with Crippen LogP contribution in [0.2, 0.25) is 0 Å². The van der Waals surface area contributed by atoms with E-state index in [1.807, 2.05) is 48.2 Å². The van der Waals surface area contributed by atoms with Crippen molar-refractivity contribution in [2.75, 3.05) is 13.1 Å². The first kappa shape index (κ1) is 15.3. The zero-order valence-electron chi connectivity index (χ0n) is 12.6. The minimum absolute atomic E-state index is 0.00426. The van der Waals surface area contributed by atoms with E-state index in [1.54, 1.807) is 11.7 Å². The van der Waals surface area contributed by atoms with Crippen molar-refractivity contribution in [1.82, 2.24) is 14.7 Å². The molecule has 2 N–H and O–H groups in total. The van der Waals surface area contributed by atoms with Crippen molar-refractivity contribution in [3.63, 3.8) is 0 Å². The molecule has 0 fully saturated rings. The van der Waals surface area contributed by atoms with Gasteiger partial charge in [0.15, 0.2) is 0 Å². The third kappa shape index (κ3) is 3.92. The Morgan fingerprint density at radius 3 is 2.62 bits per heavy atom. The Balaban J connectivity index is 2.19. The second kappa shape index (κ2) is 7.04. The third-order valence-corrected chi connectivity index (χ3v) is 3.36. The van der Waals surface area contributed by atoms with Crippen LogP contribution in [0.4, 0.5) is 0 Å². The molecule has 5 heteroatoms. The Labute approximate surface area is 125 Å². The van der Waals surface area contributed by atoms with E-state index in [1.165, 1.54) is 0 Å². The lowest BCUT2D eigenvalue weighted by molar-refractivity contribution is 0.0731. The predicted octanol–water partition coefficient (Wildman–Crippen LogP) is 1.72. The van der Waals surface area contributed by atoms with E-state index in [0.717, 1.165) is 17.7 Å². The topological polar surface area (TPSA) is 64.2 Å². The molecule has 0 spiro atoms. The zero-order valence-corrected chi connectivity index (χ0v) is 12.6. The summed E-state index contributed by atoms with van der Waals surface area (Å²) in [5.41, 5.74) is 8.16. The molecule has 0 saturated carbocycles.